The Labute approximate surface area is 232 Å². The molecule has 208 valence electrons. The topological polar surface area (TPSA) is 50.7 Å². The molecule has 0 radical (unpaired) electrons. The van der Waals surface area contributed by atoms with Gasteiger partial charge >= 0.3 is 6.18 Å². The summed E-state index contributed by atoms with van der Waals surface area (Å²) in [5.41, 5.74) is -1.53. The number of nitrogens with one attached hydrogen (secondary N) is 1. The average molecular weight is 577 g/mol. The molecule has 0 unspecified atom stereocenters. The van der Waals surface area contributed by atoms with Crippen LogP contribution < -0.4 is 15.7 Å². The van der Waals surface area contributed by atoms with Gasteiger partial charge in [0.2, 0.25) is 5.91 Å². The molecule has 0 aliphatic rings. The number of thioether (sulfide) groups is 1. The van der Waals surface area contributed by atoms with E-state index < -0.39 is 37.9 Å². The molecule has 1 amide bonds. The van der Waals surface area contributed by atoms with Crippen LogP contribution in [0, 0.1) is 5.82 Å². The molecule has 0 heterocycles. The molecule has 0 spiro atoms. The van der Waals surface area contributed by atoms with Crippen molar-refractivity contribution in [2.45, 2.75) is 51.4 Å². The van der Waals surface area contributed by atoms with E-state index in [4.69, 9.17) is 4.43 Å². The van der Waals surface area contributed by atoms with E-state index >= 15 is 0 Å². The molecule has 3 aromatic rings. The van der Waals surface area contributed by atoms with Gasteiger partial charge in [0.25, 0.3) is 8.32 Å². The van der Waals surface area contributed by atoms with Crippen LogP contribution in [0.2, 0.25) is 5.04 Å². The van der Waals surface area contributed by atoms with E-state index in [-0.39, 0.29) is 22.3 Å². The zero-order valence-corrected chi connectivity index (χ0v) is 24.3. The first-order chi connectivity index (χ1) is 18.3. The van der Waals surface area contributed by atoms with Crippen LogP contribution in [0.1, 0.15) is 39.7 Å². The number of amidine groups is 1. The Morgan fingerprint density at radius 2 is 1.51 bits per heavy atom. The summed E-state index contributed by atoms with van der Waals surface area (Å²) in [6.45, 7) is 8.26. The van der Waals surface area contributed by atoms with Crippen LogP contribution in [0.15, 0.2) is 83.9 Å². The molecular weight excluding hydrogens is 544 g/mol. The minimum Gasteiger partial charge on any atom is -0.404 e. The van der Waals surface area contributed by atoms with E-state index in [1.54, 1.807) is 6.26 Å². The molecule has 0 fully saturated rings. The Balaban J connectivity index is 1.85. The van der Waals surface area contributed by atoms with Gasteiger partial charge in [-0.05, 0) is 46.8 Å². The lowest BCUT2D eigenvalue weighted by atomic mass is 10.2. The summed E-state index contributed by atoms with van der Waals surface area (Å²) in [6.07, 6.45) is -3.70. The second-order valence-corrected chi connectivity index (χ2v) is 15.2. The van der Waals surface area contributed by atoms with E-state index in [1.165, 1.54) is 0 Å². The number of alkyl halides is 3. The third kappa shape index (κ3) is 7.37. The van der Waals surface area contributed by atoms with Gasteiger partial charge in [0, 0.05) is 0 Å². The van der Waals surface area contributed by atoms with Gasteiger partial charge in [0.1, 0.15) is 5.82 Å². The van der Waals surface area contributed by atoms with E-state index in [0.717, 1.165) is 28.2 Å². The van der Waals surface area contributed by atoms with E-state index in [2.05, 4.69) is 55.3 Å². The standard InChI is InChI=1S/C29H32F4N2O2SSi/c1-20(18-26(36)35-27(38-5)34-21-16-17-25(30)24(19-21)29(31,32)33)37-39(28(2,3)4,22-12-8-6-9-13-22)23-14-10-7-11-15-23/h6-17,19-20H,18H2,1-5H3,(H,34,35,36)/t20-/m0/s1. The molecule has 0 bridgehead atoms. The lowest BCUT2D eigenvalue weighted by Gasteiger charge is -2.44. The van der Waals surface area contributed by atoms with Crippen molar-refractivity contribution in [1.82, 2.24) is 5.32 Å². The summed E-state index contributed by atoms with van der Waals surface area (Å²) < 4.78 is 59.8. The number of halogens is 4. The first-order valence-corrected chi connectivity index (χ1v) is 15.5. The third-order valence-electron chi connectivity index (χ3n) is 6.19. The first-order valence-electron chi connectivity index (χ1n) is 12.4. The van der Waals surface area contributed by atoms with E-state index in [1.807, 2.05) is 43.3 Å². The number of benzene rings is 3. The molecule has 10 heteroatoms. The molecule has 3 aromatic carbocycles. The molecule has 3 rings (SSSR count). The second-order valence-electron chi connectivity index (χ2n) is 10.1. The van der Waals surface area contributed by atoms with Crippen LogP contribution >= 0.6 is 11.8 Å². The molecular formula is C29H32F4N2O2SSi. The van der Waals surface area contributed by atoms with Gasteiger partial charge in [0.15, 0.2) is 5.17 Å². The highest BCUT2D eigenvalue weighted by Gasteiger charge is 2.51. The highest BCUT2D eigenvalue weighted by Crippen LogP contribution is 2.38. The third-order valence-corrected chi connectivity index (χ3v) is 11.9. The number of hydrogen-bond acceptors (Lipinski definition) is 4. The van der Waals surface area contributed by atoms with Crippen molar-refractivity contribution in [2.24, 2.45) is 4.99 Å². The minimum atomic E-state index is -4.86. The van der Waals surface area contributed by atoms with Crippen LogP contribution in [0.3, 0.4) is 0 Å². The summed E-state index contributed by atoms with van der Waals surface area (Å²) in [4.78, 5) is 17.1. The van der Waals surface area contributed by atoms with Crippen LogP contribution in [0.25, 0.3) is 0 Å². The first kappa shape index (κ1) is 30.6. The number of nitrogens with zero attached hydrogens (tertiary/aromatic N) is 1. The molecule has 39 heavy (non-hydrogen) atoms. The van der Waals surface area contributed by atoms with Crippen LogP contribution in [-0.4, -0.2) is 31.8 Å². The number of carbonyl (C=O) groups excluding carboxylic acids is 1. The monoisotopic (exact) mass is 576 g/mol. The fraction of sp³-hybridized carbons (Fsp3) is 0.310. The summed E-state index contributed by atoms with van der Waals surface area (Å²) in [7, 11) is -2.88. The van der Waals surface area contributed by atoms with Crippen molar-refractivity contribution in [2.75, 3.05) is 6.26 Å². The van der Waals surface area contributed by atoms with Gasteiger partial charge in [-0.1, -0.05) is 93.2 Å². The maximum absolute atomic E-state index is 13.6. The van der Waals surface area contributed by atoms with Gasteiger partial charge in [-0.2, -0.15) is 13.2 Å². The van der Waals surface area contributed by atoms with Crippen LogP contribution in [0.4, 0.5) is 23.2 Å². The summed E-state index contributed by atoms with van der Waals surface area (Å²) in [5.74, 6) is -1.78. The van der Waals surface area contributed by atoms with Crippen molar-refractivity contribution in [3.8, 4) is 0 Å². The smallest absolute Gasteiger partial charge is 0.404 e. The fourth-order valence-electron chi connectivity index (χ4n) is 4.51. The average Bonchev–Trinajstić information content (AvgIpc) is 2.87. The maximum Gasteiger partial charge on any atom is 0.419 e. The van der Waals surface area contributed by atoms with Gasteiger partial charge in [0.05, 0.1) is 23.8 Å². The van der Waals surface area contributed by atoms with Gasteiger partial charge < -0.3 is 9.74 Å². The lowest BCUT2D eigenvalue weighted by Crippen LogP contribution is -2.67. The van der Waals surface area contributed by atoms with Gasteiger partial charge in [-0.3, -0.25) is 4.79 Å². The zero-order valence-electron chi connectivity index (χ0n) is 22.5. The molecule has 0 aliphatic heterocycles. The molecule has 1 atom stereocenters. The molecule has 0 saturated heterocycles. The molecule has 0 saturated carbocycles. The van der Waals surface area contributed by atoms with Crippen molar-refractivity contribution in [3.63, 3.8) is 0 Å². The number of aliphatic imine (C=N–C) groups is 1. The minimum absolute atomic E-state index is 0.00129. The summed E-state index contributed by atoms with van der Waals surface area (Å²) in [5, 5.41) is 4.64. The lowest BCUT2D eigenvalue weighted by molar-refractivity contribution is -0.140. The second kappa shape index (κ2) is 12.5. The largest absolute Gasteiger partial charge is 0.419 e. The Kier molecular flexibility index (Phi) is 9.79. The highest BCUT2D eigenvalue weighted by atomic mass is 32.2. The van der Waals surface area contributed by atoms with Crippen molar-refractivity contribution in [3.05, 3.63) is 90.2 Å². The van der Waals surface area contributed by atoms with Crippen molar-refractivity contribution >= 4 is 47.2 Å². The SMILES string of the molecule is CS/C(=N\c1ccc(F)c(C(F)(F)F)c1)NC(=O)C[C@H](C)O[Si](c1ccccc1)(c1ccccc1)C(C)(C)C. The van der Waals surface area contributed by atoms with Crippen molar-refractivity contribution < 1.29 is 26.8 Å². The Hall–Kier alpha value is -2.95. The van der Waals surface area contributed by atoms with E-state index in [9.17, 15) is 22.4 Å². The summed E-state index contributed by atoms with van der Waals surface area (Å²) >= 11 is 1.06. The number of rotatable bonds is 7. The quantitative estimate of drug-likeness (QED) is 0.148. The van der Waals surface area contributed by atoms with Gasteiger partial charge in [-0.25, -0.2) is 9.38 Å². The number of hydrogen-bond donors (Lipinski definition) is 1. The Morgan fingerprint density at radius 1 is 0.974 bits per heavy atom. The van der Waals surface area contributed by atoms with E-state index in [0.29, 0.717) is 12.1 Å². The Bertz CT molecular complexity index is 1260. The fourth-order valence-corrected chi connectivity index (χ4v) is 9.62. The molecule has 4 nitrogen and oxygen atoms in total. The number of amides is 1. The predicted octanol–water partition coefficient (Wildman–Crippen LogP) is 6.67. The van der Waals surface area contributed by atoms with Crippen LogP contribution in [-0.2, 0) is 15.4 Å². The normalized spacial score (nSPS) is 13.7. The predicted molar refractivity (Wildman–Crippen MR) is 153 cm³/mol. The van der Waals surface area contributed by atoms with Crippen molar-refractivity contribution in [1.29, 1.82) is 0 Å². The maximum atomic E-state index is 13.6. The molecule has 0 aliphatic carbocycles. The highest BCUT2D eigenvalue weighted by molar-refractivity contribution is 8.13. The Morgan fingerprint density at radius 3 is 1.97 bits per heavy atom. The van der Waals surface area contributed by atoms with Gasteiger partial charge in [-0.15, -0.1) is 0 Å². The summed E-state index contributed by atoms with van der Waals surface area (Å²) in [6, 6.07) is 22.5. The number of carbonyl (C=O) groups is 1. The molecule has 1 N–H and O–H groups in total. The zero-order chi connectivity index (χ0) is 28.8. The molecule has 0 aromatic heterocycles. The van der Waals surface area contributed by atoms with Crippen LogP contribution in [0.5, 0.6) is 0 Å².